The van der Waals surface area contributed by atoms with Crippen LogP contribution < -0.4 is 15.4 Å². The van der Waals surface area contributed by atoms with E-state index in [0.29, 0.717) is 12.1 Å². The van der Waals surface area contributed by atoms with Gasteiger partial charge in [0, 0.05) is 24.9 Å². The molecule has 0 heterocycles. The molecule has 2 aromatic carbocycles. The molecule has 2 rings (SSSR count). The number of para-hydroxylation sites is 1. The summed E-state index contributed by atoms with van der Waals surface area (Å²) in [4.78, 5) is 12.3. The van der Waals surface area contributed by atoms with Crippen LogP contribution in [0.2, 0.25) is 0 Å². The monoisotopic (exact) mass is 314 g/mol. The number of aliphatic hydroxyl groups is 1. The first kappa shape index (κ1) is 16.8. The second kappa shape index (κ2) is 8.19. The average Bonchev–Trinajstić information content (AvgIpc) is 2.60. The Bertz CT molecular complexity index is 658. The van der Waals surface area contributed by atoms with Crippen molar-refractivity contribution in [2.75, 3.05) is 25.6 Å². The van der Waals surface area contributed by atoms with Crippen molar-refractivity contribution < 1.29 is 14.6 Å². The number of hydrogen-bond donors (Lipinski definition) is 3. The minimum atomic E-state index is -0.170. The summed E-state index contributed by atoms with van der Waals surface area (Å²) in [6.45, 7) is 2.35. The number of rotatable bonds is 7. The number of carbonyl (C=O) groups excluding carboxylic acids is 1. The Hall–Kier alpha value is -2.53. The van der Waals surface area contributed by atoms with Crippen LogP contribution in [0.15, 0.2) is 48.5 Å². The minimum Gasteiger partial charge on any atom is -0.497 e. The smallest absolute Gasteiger partial charge is 0.253 e. The Morgan fingerprint density at radius 1 is 1.22 bits per heavy atom. The lowest BCUT2D eigenvalue weighted by molar-refractivity contribution is 0.0943. The first-order valence-corrected chi connectivity index (χ1v) is 7.53. The molecule has 0 radical (unpaired) electrons. The van der Waals surface area contributed by atoms with Crippen molar-refractivity contribution in [3.8, 4) is 5.75 Å². The zero-order chi connectivity index (χ0) is 16.7. The van der Waals surface area contributed by atoms with Crippen molar-refractivity contribution in [2.24, 2.45) is 5.92 Å². The fourth-order valence-electron chi connectivity index (χ4n) is 2.07. The van der Waals surface area contributed by atoms with Crippen LogP contribution in [-0.4, -0.2) is 31.3 Å². The highest BCUT2D eigenvalue weighted by Crippen LogP contribution is 2.23. The summed E-state index contributed by atoms with van der Waals surface area (Å²) in [6, 6.07) is 14.8. The summed E-state index contributed by atoms with van der Waals surface area (Å²) in [5, 5.41) is 15.1. The Morgan fingerprint density at radius 3 is 2.74 bits per heavy atom. The molecule has 5 nitrogen and oxygen atoms in total. The molecule has 1 atom stereocenters. The number of methoxy groups -OCH3 is 1. The maximum Gasteiger partial charge on any atom is 0.253 e. The van der Waals surface area contributed by atoms with E-state index in [1.807, 2.05) is 49.4 Å². The molecule has 0 aromatic heterocycles. The quantitative estimate of drug-likeness (QED) is 0.735. The molecule has 0 spiro atoms. The van der Waals surface area contributed by atoms with E-state index in [1.165, 1.54) is 0 Å². The van der Waals surface area contributed by atoms with Gasteiger partial charge in [0.1, 0.15) is 5.75 Å². The van der Waals surface area contributed by atoms with Crippen molar-refractivity contribution >= 4 is 17.3 Å². The minimum absolute atomic E-state index is 0.0254. The molecule has 0 saturated heterocycles. The van der Waals surface area contributed by atoms with Crippen molar-refractivity contribution in [2.45, 2.75) is 6.92 Å². The first-order chi connectivity index (χ1) is 11.1. The highest BCUT2D eigenvalue weighted by Gasteiger charge is 2.12. The van der Waals surface area contributed by atoms with Gasteiger partial charge in [0.05, 0.1) is 18.4 Å². The molecule has 0 aliphatic heterocycles. The maximum absolute atomic E-state index is 12.3. The van der Waals surface area contributed by atoms with Gasteiger partial charge in [0.15, 0.2) is 0 Å². The molecule has 2 aromatic rings. The SMILES string of the molecule is COc1cccc(Nc2ccccc2C(=O)NCC(C)CO)c1. The van der Waals surface area contributed by atoms with Crippen molar-refractivity contribution in [1.82, 2.24) is 5.32 Å². The molecule has 5 heteroatoms. The second-order valence-electron chi connectivity index (χ2n) is 5.40. The molecule has 0 aliphatic rings. The highest BCUT2D eigenvalue weighted by atomic mass is 16.5. The van der Waals surface area contributed by atoms with Crippen molar-refractivity contribution in [3.63, 3.8) is 0 Å². The lowest BCUT2D eigenvalue weighted by Crippen LogP contribution is -2.29. The van der Waals surface area contributed by atoms with Crippen LogP contribution in [0, 0.1) is 5.92 Å². The van der Waals surface area contributed by atoms with E-state index < -0.39 is 0 Å². The largest absolute Gasteiger partial charge is 0.497 e. The molecule has 0 aliphatic carbocycles. The summed E-state index contributed by atoms with van der Waals surface area (Å²) < 4.78 is 5.20. The molecule has 23 heavy (non-hydrogen) atoms. The summed E-state index contributed by atoms with van der Waals surface area (Å²) in [5.74, 6) is 0.599. The van der Waals surface area contributed by atoms with Gasteiger partial charge in [-0.3, -0.25) is 4.79 Å². The van der Waals surface area contributed by atoms with Crippen LogP contribution in [0.4, 0.5) is 11.4 Å². The fraction of sp³-hybridized carbons (Fsp3) is 0.278. The van der Waals surface area contributed by atoms with Crippen LogP contribution in [0.1, 0.15) is 17.3 Å². The molecular weight excluding hydrogens is 292 g/mol. The lowest BCUT2D eigenvalue weighted by Gasteiger charge is -2.14. The number of benzene rings is 2. The first-order valence-electron chi connectivity index (χ1n) is 7.53. The van der Waals surface area contributed by atoms with Gasteiger partial charge in [-0.1, -0.05) is 25.1 Å². The maximum atomic E-state index is 12.3. The van der Waals surface area contributed by atoms with Crippen LogP contribution in [-0.2, 0) is 0 Å². The summed E-state index contributed by atoms with van der Waals surface area (Å²) in [5.41, 5.74) is 2.11. The van der Waals surface area contributed by atoms with Gasteiger partial charge >= 0.3 is 0 Å². The van der Waals surface area contributed by atoms with Gasteiger partial charge in [0.25, 0.3) is 5.91 Å². The second-order valence-corrected chi connectivity index (χ2v) is 5.40. The van der Waals surface area contributed by atoms with Gasteiger partial charge < -0.3 is 20.5 Å². The van der Waals surface area contributed by atoms with Gasteiger partial charge in [0.2, 0.25) is 0 Å². The fourth-order valence-corrected chi connectivity index (χ4v) is 2.07. The van der Waals surface area contributed by atoms with Crippen LogP contribution in [0.3, 0.4) is 0 Å². The summed E-state index contributed by atoms with van der Waals surface area (Å²) in [7, 11) is 1.61. The number of amides is 1. The standard InChI is InChI=1S/C18H22N2O3/c1-13(12-21)11-19-18(22)16-8-3-4-9-17(16)20-14-6-5-7-15(10-14)23-2/h3-10,13,20-21H,11-12H2,1-2H3,(H,19,22). The molecule has 3 N–H and O–H groups in total. The van der Waals surface area contributed by atoms with Gasteiger partial charge in [-0.05, 0) is 30.2 Å². The lowest BCUT2D eigenvalue weighted by atomic mass is 10.1. The summed E-state index contributed by atoms with van der Waals surface area (Å²) >= 11 is 0. The van der Waals surface area contributed by atoms with Gasteiger partial charge in [-0.15, -0.1) is 0 Å². The Balaban J connectivity index is 2.15. The molecule has 0 saturated carbocycles. The Labute approximate surface area is 136 Å². The van der Waals surface area contributed by atoms with Gasteiger partial charge in [-0.2, -0.15) is 0 Å². The van der Waals surface area contributed by atoms with E-state index in [-0.39, 0.29) is 18.4 Å². The zero-order valence-corrected chi connectivity index (χ0v) is 13.4. The number of hydrogen-bond acceptors (Lipinski definition) is 4. The van der Waals surface area contributed by atoms with Crippen LogP contribution in [0.25, 0.3) is 0 Å². The third-order valence-electron chi connectivity index (χ3n) is 3.44. The Kier molecular flexibility index (Phi) is 6.00. The molecule has 0 fully saturated rings. The third-order valence-corrected chi connectivity index (χ3v) is 3.44. The summed E-state index contributed by atoms with van der Waals surface area (Å²) in [6.07, 6.45) is 0. The normalized spacial score (nSPS) is 11.6. The van der Waals surface area contributed by atoms with E-state index in [0.717, 1.165) is 17.1 Å². The van der Waals surface area contributed by atoms with E-state index in [9.17, 15) is 4.79 Å². The Morgan fingerprint density at radius 2 is 2.00 bits per heavy atom. The van der Waals surface area contributed by atoms with E-state index in [4.69, 9.17) is 9.84 Å². The molecular formula is C18H22N2O3. The van der Waals surface area contributed by atoms with Crippen molar-refractivity contribution in [1.29, 1.82) is 0 Å². The van der Waals surface area contributed by atoms with Crippen molar-refractivity contribution in [3.05, 3.63) is 54.1 Å². The molecule has 0 bridgehead atoms. The molecule has 1 amide bonds. The zero-order valence-electron chi connectivity index (χ0n) is 13.4. The van der Waals surface area contributed by atoms with E-state index in [1.54, 1.807) is 13.2 Å². The van der Waals surface area contributed by atoms with E-state index in [2.05, 4.69) is 10.6 Å². The van der Waals surface area contributed by atoms with Crippen LogP contribution in [0.5, 0.6) is 5.75 Å². The number of nitrogens with one attached hydrogen (secondary N) is 2. The number of anilines is 2. The predicted molar refractivity (Wildman–Crippen MR) is 91.3 cm³/mol. The predicted octanol–water partition coefficient (Wildman–Crippen LogP) is 2.80. The third kappa shape index (κ3) is 4.72. The number of aliphatic hydroxyl groups excluding tert-OH is 1. The highest BCUT2D eigenvalue weighted by molar-refractivity contribution is 6.00. The molecule has 122 valence electrons. The van der Waals surface area contributed by atoms with E-state index >= 15 is 0 Å². The number of ether oxygens (including phenoxy) is 1. The number of carbonyl (C=O) groups is 1. The van der Waals surface area contributed by atoms with Crippen LogP contribution >= 0.6 is 0 Å². The molecule has 1 unspecified atom stereocenters. The van der Waals surface area contributed by atoms with Gasteiger partial charge in [-0.25, -0.2) is 0 Å². The topological polar surface area (TPSA) is 70.6 Å². The average molecular weight is 314 g/mol.